The molecule has 0 aliphatic carbocycles. The molecule has 9 aromatic carbocycles. The van der Waals surface area contributed by atoms with E-state index in [0.29, 0.717) is 0 Å². The number of para-hydroxylation sites is 8. The number of fused-ring (bicyclic) bond motifs is 8. The van der Waals surface area contributed by atoms with E-state index in [0.717, 1.165) is 68.0 Å². The fourth-order valence-electron chi connectivity index (χ4n) is 9.09. The highest BCUT2D eigenvalue weighted by Gasteiger charge is 2.26. The summed E-state index contributed by atoms with van der Waals surface area (Å²) in [5.41, 5.74) is 13.3. The number of anilines is 6. The van der Waals surface area contributed by atoms with Gasteiger partial charge in [-0.25, -0.2) is 0 Å². The predicted molar refractivity (Wildman–Crippen MR) is 245 cm³/mol. The molecule has 0 amide bonds. The van der Waals surface area contributed by atoms with Gasteiger partial charge in [0.15, 0.2) is 11.5 Å². The van der Waals surface area contributed by atoms with Crippen LogP contribution in [0, 0.1) is 0 Å². The van der Waals surface area contributed by atoms with Gasteiger partial charge >= 0.3 is 0 Å². The second-order valence-electron chi connectivity index (χ2n) is 15.0. The van der Waals surface area contributed by atoms with Gasteiger partial charge in [0.2, 0.25) is 0 Å². The van der Waals surface area contributed by atoms with Gasteiger partial charge in [-0.15, -0.1) is 0 Å². The van der Waals surface area contributed by atoms with Crippen molar-refractivity contribution >= 4 is 77.7 Å². The maximum Gasteiger partial charge on any atom is 0.151 e. The average Bonchev–Trinajstić information content (AvgIpc) is 3.82. The molecule has 0 atom stereocenters. The van der Waals surface area contributed by atoms with E-state index in [1.807, 2.05) is 24.3 Å². The molecule has 0 unspecified atom stereocenters. The minimum absolute atomic E-state index is 0.842. The largest absolute Gasteiger partial charge is 0.453 e. The van der Waals surface area contributed by atoms with Gasteiger partial charge in [-0.2, -0.15) is 0 Å². The van der Waals surface area contributed by atoms with Crippen LogP contribution in [-0.2, 0) is 0 Å². The SMILES string of the molecule is c1ccc(N(c2ccc(-n3c4ccccc4c4ccccc43)cc2)c2ccc3c4ccccc4n(-c4ccc(N5c6ccccc6Oc6ccccc65)cc4)c3c2)cc1. The fraction of sp³-hybridized carbons (Fsp3) is 0. The summed E-state index contributed by atoms with van der Waals surface area (Å²) in [5.74, 6) is 1.68. The Bertz CT molecular complexity index is 3260. The predicted octanol–water partition coefficient (Wildman–Crippen LogP) is 14.9. The molecule has 0 fully saturated rings. The standard InChI is InChI=1S/C54H36N4O/c1-2-14-37(15-3-1)55(38-26-28-39(29-27-38)56-47-19-7-4-16-43(47)44-17-5-8-20-48(44)56)42-34-35-46-45-18-6-9-21-49(45)57(52(46)36-42)40-30-32-41(33-31-40)58-50-22-10-12-24-53(50)59-54-25-13-11-23-51(54)58/h1-36H. The molecule has 5 nitrogen and oxygen atoms in total. The van der Waals surface area contributed by atoms with Gasteiger partial charge in [-0.3, -0.25) is 0 Å². The van der Waals surface area contributed by atoms with Crippen molar-refractivity contribution in [2.75, 3.05) is 9.80 Å². The van der Waals surface area contributed by atoms with Crippen LogP contribution in [0.25, 0.3) is 55.0 Å². The zero-order chi connectivity index (χ0) is 38.9. The summed E-state index contributed by atoms with van der Waals surface area (Å²) in [4.78, 5) is 4.64. The molecule has 11 aromatic rings. The van der Waals surface area contributed by atoms with Crippen LogP contribution in [0.5, 0.6) is 11.5 Å². The minimum Gasteiger partial charge on any atom is -0.453 e. The fourth-order valence-corrected chi connectivity index (χ4v) is 9.09. The molecule has 12 rings (SSSR count). The van der Waals surface area contributed by atoms with Gasteiger partial charge in [0, 0.05) is 55.7 Å². The highest BCUT2D eigenvalue weighted by Crippen LogP contribution is 2.50. The van der Waals surface area contributed by atoms with Crippen molar-refractivity contribution < 1.29 is 4.74 Å². The van der Waals surface area contributed by atoms with Crippen LogP contribution >= 0.6 is 0 Å². The minimum atomic E-state index is 0.842. The third kappa shape index (κ3) is 5.25. The van der Waals surface area contributed by atoms with Crippen LogP contribution in [0.3, 0.4) is 0 Å². The Balaban J connectivity index is 0.984. The first kappa shape index (κ1) is 33.2. The topological polar surface area (TPSA) is 25.6 Å². The molecular formula is C54H36N4O. The lowest BCUT2D eigenvalue weighted by atomic mass is 10.1. The highest BCUT2D eigenvalue weighted by atomic mass is 16.5. The summed E-state index contributed by atoms with van der Waals surface area (Å²) >= 11 is 0. The zero-order valence-electron chi connectivity index (χ0n) is 32.0. The molecule has 0 saturated carbocycles. The van der Waals surface area contributed by atoms with E-state index in [2.05, 4.69) is 213 Å². The number of aromatic nitrogens is 2. The van der Waals surface area contributed by atoms with Crippen molar-refractivity contribution in [3.63, 3.8) is 0 Å². The van der Waals surface area contributed by atoms with Crippen LogP contribution in [0.1, 0.15) is 0 Å². The lowest BCUT2D eigenvalue weighted by Crippen LogP contribution is -2.15. The van der Waals surface area contributed by atoms with Crippen LogP contribution in [0.15, 0.2) is 218 Å². The molecule has 5 heteroatoms. The van der Waals surface area contributed by atoms with E-state index in [1.165, 1.54) is 32.6 Å². The van der Waals surface area contributed by atoms with E-state index < -0.39 is 0 Å². The van der Waals surface area contributed by atoms with E-state index in [1.54, 1.807) is 0 Å². The number of ether oxygens (including phenoxy) is 1. The van der Waals surface area contributed by atoms with Gasteiger partial charge < -0.3 is 23.7 Å². The van der Waals surface area contributed by atoms with E-state index in [9.17, 15) is 0 Å². The molecule has 1 aliphatic rings. The average molecular weight is 757 g/mol. The summed E-state index contributed by atoms with van der Waals surface area (Å²) in [7, 11) is 0. The molecule has 278 valence electrons. The maximum absolute atomic E-state index is 6.31. The van der Waals surface area contributed by atoms with E-state index in [-0.39, 0.29) is 0 Å². The van der Waals surface area contributed by atoms with Crippen LogP contribution < -0.4 is 14.5 Å². The van der Waals surface area contributed by atoms with Gasteiger partial charge in [0.25, 0.3) is 0 Å². The molecule has 0 radical (unpaired) electrons. The molecule has 2 aromatic heterocycles. The van der Waals surface area contributed by atoms with Gasteiger partial charge in [-0.1, -0.05) is 103 Å². The first-order chi connectivity index (χ1) is 29.3. The lowest BCUT2D eigenvalue weighted by Gasteiger charge is -2.32. The monoisotopic (exact) mass is 756 g/mol. The van der Waals surface area contributed by atoms with Crippen LogP contribution in [-0.4, -0.2) is 9.13 Å². The first-order valence-electron chi connectivity index (χ1n) is 20.0. The molecule has 0 saturated heterocycles. The van der Waals surface area contributed by atoms with Crippen molar-refractivity contribution in [3.05, 3.63) is 218 Å². The molecular weight excluding hydrogens is 721 g/mol. The maximum atomic E-state index is 6.31. The number of hydrogen-bond donors (Lipinski definition) is 0. The summed E-state index contributed by atoms with van der Waals surface area (Å²) in [6.45, 7) is 0. The molecule has 1 aliphatic heterocycles. The smallest absolute Gasteiger partial charge is 0.151 e. The van der Waals surface area contributed by atoms with Crippen molar-refractivity contribution in [1.29, 1.82) is 0 Å². The molecule has 0 N–H and O–H groups in total. The highest BCUT2D eigenvalue weighted by molar-refractivity contribution is 6.11. The number of nitrogens with zero attached hydrogens (tertiary/aromatic N) is 4. The summed E-state index contributed by atoms with van der Waals surface area (Å²) in [5, 5.41) is 4.94. The Hall–Kier alpha value is -8.02. The van der Waals surface area contributed by atoms with Crippen LogP contribution in [0.2, 0.25) is 0 Å². The number of hydrogen-bond acceptors (Lipinski definition) is 3. The Labute approximate surface area is 341 Å². The van der Waals surface area contributed by atoms with Crippen molar-refractivity contribution in [3.8, 4) is 22.9 Å². The van der Waals surface area contributed by atoms with Crippen molar-refractivity contribution in [1.82, 2.24) is 9.13 Å². The Morgan fingerprint density at radius 2 is 0.712 bits per heavy atom. The first-order valence-corrected chi connectivity index (χ1v) is 20.0. The van der Waals surface area contributed by atoms with Crippen LogP contribution in [0.4, 0.5) is 34.1 Å². The van der Waals surface area contributed by atoms with Crippen molar-refractivity contribution in [2.24, 2.45) is 0 Å². The Morgan fingerprint density at radius 3 is 1.29 bits per heavy atom. The van der Waals surface area contributed by atoms with Gasteiger partial charge in [0.1, 0.15) is 0 Å². The Morgan fingerprint density at radius 1 is 0.305 bits per heavy atom. The summed E-state index contributed by atoms with van der Waals surface area (Å²) in [6, 6.07) is 77.9. The third-order valence-electron chi connectivity index (χ3n) is 11.7. The zero-order valence-corrected chi connectivity index (χ0v) is 32.0. The second kappa shape index (κ2) is 13.3. The van der Waals surface area contributed by atoms with Gasteiger partial charge in [-0.05, 0) is 115 Å². The number of benzene rings is 9. The lowest BCUT2D eigenvalue weighted by molar-refractivity contribution is 0.477. The quantitative estimate of drug-likeness (QED) is 0.169. The molecule has 59 heavy (non-hydrogen) atoms. The molecule has 0 bridgehead atoms. The number of rotatable bonds is 6. The molecule has 3 heterocycles. The van der Waals surface area contributed by atoms with E-state index in [4.69, 9.17) is 4.74 Å². The summed E-state index contributed by atoms with van der Waals surface area (Å²) in [6.07, 6.45) is 0. The third-order valence-corrected chi connectivity index (χ3v) is 11.7. The second-order valence-corrected chi connectivity index (χ2v) is 15.0. The van der Waals surface area contributed by atoms with E-state index >= 15 is 0 Å². The normalized spacial score (nSPS) is 12.2. The Kier molecular flexibility index (Phi) is 7.47. The summed E-state index contributed by atoms with van der Waals surface area (Å²) < 4.78 is 11.1. The molecule has 0 spiro atoms. The van der Waals surface area contributed by atoms with Gasteiger partial charge in [0.05, 0.1) is 33.4 Å². The van der Waals surface area contributed by atoms with Crippen molar-refractivity contribution in [2.45, 2.75) is 0 Å².